The van der Waals surface area contributed by atoms with Crippen LogP contribution in [0.15, 0.2) is 78.9 Å². The number of nitrogens with zero attached hydrogens (tertiary/aromatic N) is 3. The van der Waals surface area contributed by atoms with Gasteiger partial charge in [0.1, 0.15) is 5.69 Å². The lowest BCUT2D eigenvalue weighted by Crippen LogP contribution is -2.25. The lowest BCUT2D eigenvalue weighted by Gasteiger charge is -2.21. The third-order valence-corrected chi connectivity index (χ3v) is 6.61. The first-order valence-corrected chi connectivity index (χ1v) is 12.6. The van der Waals surface area contributed by atoms with E-state index >= 15 is 0 Å². The zero-order valence-corrected chi connectivity index (χ0v) is 21.2. The molecular weight excluding hydrogens is 503 g/mol. The van der Waals surface area contributed by atoms with Crippen LogP contribution in [-0.4, -0.2) is 22.2 Å². The van der Waals surface area contributed by atoms with Crippen LogP contribution in [0.4, 0.5) is 18.9 Å². The van der Waals surface area contributed by atoms with Crippen molar-refractivity contribution in [3.05, 3.63) is 113 Å². The van der Waals surface area contributed by atoms with Gasteiger partial charge in [-0.05, 0) is 73.7 Å². The summed E-state index contributed by atoms with van der Waals surface area (Å²) in [5, 5.41) is 19.2. The van der Waals surface area contributed by atoms with E-state index < -0.39 is 17.8 Å². The van der Waals surface area contributed by atoms with E-state index in [0.29, 0.717) is 17.7 Å². The minimum Gasteiger partial charge on any atom is -0.321 e. The minimum atomic E-state index is -4.75. The Balaban J connectivity index is 1.46. The molecule has 1 aliphatic rings. The van der Waals surface area contributed by atoms with Gasteiger partial charge in [0.15, 0.2) is 5.69 Å². The molecular formula is C30H26F3N5O. The van der Waals surface area contributed by atoms with Crippen LogP contribution < -0.4 is 10.6 Å². The molecule has 1 saturated carbocycles. The van der Waals surface area contributed by atoms with Gasteiger partial charge in [0, 0.05) is 11.8 Å². The number of carbonyl (C=O) groups excluding carboxylic acids is 1. The van der Waals surface area contributed by atoms with Crippen LogP contribution in [0.25, 0.3) is 5.69 Å². The summed E-state index contributed by atoms with van der Waals surface area (Å²) in [6.45, 7) is 2.90. The smallest absolute Gasteiger partial charge is 0.321 e. The van der Waals surface area contributed by atoms with Gasteiger partial charge in [0.05, 0.1) is 23.4 Å². The highest BCUT2D eigenvalue weighted by Gasteiger charge is 2.36. The largest absolute Gasteiger partial charge is 0.435 e. The minimum absolute atomic E-state index is 0.113. The molecule has 1 unspecified atom stereocenters. The molecule has 5 rings (SSSR count). The average Bonchev–Trinajstić information content (AvgIpc) is 3.62. The van der Waals surface area contributed by atoms with Crippen molar-refractivity contribution in [3.8, 4) is 11.8 Å². The third kappa shape index (κ3) is 6.19. The van der Waals surface area contributed by atoms with Gasteiger partial charge >= 0.3 is 6.18 Å². The lowest BCUT2D eigenvalue weighted by atomic mass is 9.96. The standard InChI is InChI=1S/C30H26F3N5O/c1-19-5-2-7-22(13-19)28(35-18-20-11-12-20)23-8-4-9-24(15-23)36-29(39)26-16-27(30(31,32)33)37-38(26)25-10-3-6-21(14-25)17-34/h2-10,13-16,20,28,35H,11-12,18H2,1H3,(H,36,39). The number of rotatable bonds is 8. The number of halogens is 3. The zero-order chi connectivity index (χ0) is 27.6. The monoisotopic (exact) mass is 529 g/mol. The maximum atomic E-state index is 13.5. The van der Waals surface area contributed by atoms with E-state index in [1.165, 1.54) is 37.1 Å². The van der Waals surface area contributed by atoms with E-state index in [-0.39, 0.29) is 23.0 Å². The number of nitrogens with one attached hydrogen (secondary N) is 2. The molecule has 1 aromatic heterocycles. The molecule has 0 spiro atoms. The number of amides is 1. The summed E-state index contributed by atoms with van der Waals surface area (Å²) >= 11 is 0. The summed E-state index contributed by atoms with van der Waals surface area (Å²) in [5.74, 6) is -0.0987. The van der Waals surface area contributed by atoms with Crippen LogP contribution >= 0.6 is 0 Å². The number of hydrogen-bond acceptors (Lipinski definition) is 4. The predicted octanol–water partition coefficient (Wildman–Crippen LogP) is 6.41. The number of alkyl halides is 3. The summed E-state index contributed by atoms with van der Waals surface area (Å²) in [6.07, 6.45) is -2.34. The van der Waals surface area contributed by atoms with E-state index in [4.69, 9.17) is 0 Å². The molecule has 0 radical (unpaired) electrons. The van der Waals surface area contributed by atoms with E-state index in [1.807, 2.05) is 37.3 Å². The van der Waals surface area contributed by atoms with Gasteiger partial charge in [-0.2, -0.15) is 23.5 Å². The maximum absolute atomic E-state index is 13.5. The number of carbonyl (C=O) groups is 1. The summed E-state index contributed by atoms with van der Waals surface area (Å²) in [5.41, 5.74) is 2.48. The Labute approximate surface area is 224 Å². The molecule has 6 nitrogen and oxygen atoms in total. The predicted molar refractivity (Wildman–Crippen MR) is 141 cm³/mol. The van der Waals surface area contributed by atoms with Crippen LogP contribution in [0.2, 0.25) is 0 Å². The van der Waals surface area contributed by atoms with Crippen molar-refractivity contribution >= 4 is 11.6 Å². The van der Waals surface area contributed by atoms with E-state index in [9.17, 15) is 23.2 Å². The number of hydrogen-bond donors (Lipinski definition) is 2. The second-order valence-corrected chi connectivity index (χ2v) is 9.76. The van der Waals surface area contributed by atoms with Gasteiger partial charge in [-0.3, -0.25) is 4.79 Å². The second kappa shape index (κ2) is 10.8. The maximum Gasteiger partial charge on any atom is 0.435 e. The number of aromatic nitrogens is 2. The summed E-state index contributed by atoms with van der Waals surface area (Å²) in [4.78, 5) is 13.3. The molecule has 9 heteroatoms. The van der Waals surface area contributed by atoms with E-state index in [0.717, 1.165) is 27.9 Å². The van der Waals surface area contributed by atoms with Crippen LogP contribution in [0.1, 0.15) is 57.3 Å². The summed E-state index contributed by atoms with van der Waals surface area (Å²) < 4.78 is 41.5. The first-order valence-electron chi connectivity index (χ1n) is 12.6. The van der Waals surface area contributed by atoms with Crippen LogP contribution in [0, 0.1) is 24.2 Å². The Kier molecular flexibility index (Phi) is 7.22. The third-order valence-electron chi connectivity index (χ3n) is 6.61. The molecule has 1 fully saturated rings. The van der Waals surface area contributed by atoms with Gasteiger partial charge in [-0.15, -0.1) is 0 Å². The van der Waals surface area contributed by atoms with Gasteiger partial charge in [-0.25, -0.2) is 4.68 Å². The molecule has 1 aliphatic carbocycles. The molecule has 198 valence electrons. The molecule has 0 saturated heterocycles. The SMILES string of the molecule is Cc1cccc(C(NCC2CC2)c2cccc(NC(=O)c3cc(C(F)(F)F)nn3-c3cccc(C#N)c3)c2)c1. The average molecular weight is 530 g/mol. The van der Waals surface area contributed by atoms with Crippen molar-refractivity contribution in [2.75, 3.05) is 11.9 Å². The second-order valence-electron chi connectivity index (χ2n) is 9.76. The van der Waals surface area contributed by atoms with E-state index in [2.05, 4.69) is 27.9 Å². The van der Waals surface area contributed by atoms with Crippen molar-refractivity contribution < 1.29 is 18.0 Å². The van der Waals surface area contributed by atoms with E-state index in [1.54, 1.807) is 12.1 Å². The molecule has 2 N–H and O–H groups in total. The van der Waals surface area contributed by atoms with Gasteiger partial charge in [0.2, 0.25) is 0 Å². The Morgan fingerprint density at radius 3 is 2.46 bits per heavy atom. The molecule has 4 aromatic rings. The Hall–Kier alpha value is -4.42. The quantitative estimate of drug-likeness (QED) is 0.276. The molecule has 3 aromatic carbocycles. The Morgan fingerprint density at radius 1 is 1.05 bits per heavy atom. The van der Waals surface area contributed by atoms with Gasteiger partial charge in [0.25, 0.3) is 5.91 Å². The summed E-state index contributed by atoms with van der Waals surface area (Å²) in [6, 6.07) is 23.9. The molecule has 1 amide bonds. The fourth-order valence-corrected chi connectivity index (χ4v) is 4.46. The number of benzene rings is 3. The first kappa shape index (κ1) is 26.2. The van der Waals surface area contributed by atoms with Gasteiger partial charge in [-0.1, -0.05) is 48.0 Å². The fraction of sp³-hybridized carbons (Fsp3) is 0.233. The van der Waals surface area contributed by atoms with Crippen molar-refractivity contribution in [1.82, 2.24) is 15.1 Å². The molecule has 1 atom stereocenters. The zero-order valence-electron chi connectivity index (χ0n) is 21.2. The van der Waals surface area contributed by atoms with Crippen molar-refractivity contribution in [3.63, 3.8) is 0 Å². The molecule has 39 heavy (non-hydrogen) atoms. The number of aryl methyl sites for hydroxylation is 1. The first-order chi connectivity index (χ1) is 18.7. The summed E-state index contributed by atoms with van der Waals surface area (Å²) in [7, 11) is 0. The lowest BCUT2D eigenvalue weighted by molar-refractivity contribution is -0.141. The normalized spacial score (nSPS) is 14.0. The van der Waals surface area contributed by atoms with Crippen molar-refractivity contribution in [2.45, 2.75) is 32.0 Å². The Bertz CT molecular complexity index is 1550. The van der Waals surface area contributed by atoms with Crippen molar-refractivity contribution in [1.29, 1.82) is 5.26 Å². The topological polar surface area (TPSA) is 82.7 Å². The highest BCUT2D eigenvalue weighted by molar-refractivity contribution is 6.03. The van der Waals surface area contributed by atoms with Crippen LogP contribution in [0.3, 0.4) is 0 Å². The highest BCUT2D eigenvalue weighted by atomic mass is 19.4. The molecule has 0 bridgehead atoms. The van der Waals surface area contributed by atoms with Gasteiger partial charge < -0.3 is 10.6 Å². The van der Waals surface area contributed by atoms with Crippen molar-refractivity contribution in [2.24, 2.45) is 5.92 Å². The molecule has 0 aliphatic heterocycles. The fourth-order valence-electron chi connectivity index (χ4n) is 4.46. The Morgan fingerprint density at radius 2 is 1.77 bits per heavy atom. The molecule has 1 heterocycles. The van der Waals surface area contributed by atoms with Crippen LogP contribution in [-0.2, 0) is 6.18 Å². The number of nitriles is 1. The highest BCUT2D eigenvalue weighted by Crippen LogP contribution is 2.32. The van der Waals surface area contributed by atoms with Crippen LogP contribution in [0.5, 0.6) is 0 Å². The number of anilines is 1.